The summed E-state index contributed by atoms with van der Waals surface area (Å²) in [6.45, 7) is 11.2. The van der Waals surface area contributed by atoms with Gasteiger partial charge >= 0.3 is 0 Å². The third kappa shape index (κ3) is 7.40. The Morgan fingerprint density at radius 1 is 1.41 bits per heavy atom. The van der Waals surface area contributed by atoms with Crippen LogP contribution in [0.2, 0.25) is 13.1 Å². The fourth-order valence-corrected chi connectivity index (χ4v) is 3.42. The number of ether oxygens (including phenoxy) is 1. The van der Waals surface area contributed by atoms with Crippen molar-refractivity contribution in [3.63, 3.8) is 0 Å². The van der Waals surface area contributed by atoms with Crippen molar-refractivity contribution in [2.24, 2.45) is 0 Å². The number of allylic oxidation sites excluding steroid dienone is 4. The third-order valence-corrected chi connectivity index (χ3v) is 4.67. The first-order valence-electron chi connectivity index (χ1n) is 6.32. The van der Waals surface area contributed by atoms with Gasteiger partial charge < -0.3 is 4.74 Å². The second-order valence-electron chi connectivity index (χ2n) is 5.86. The van der Waals surface area contributed by atoms with Gasteiger partial charge in [-0.05, 0) is 27.2 Å². The molecule has 0 aromatic rings. The van der Waals surface area contributed by atoms with Crippen molar-refractivity contribution in [3.05, 3.63) is 23.8 Å². The summed E-state index contributed by atoms with van der Waals surface area (Å²) in [6, 6.07) is 0. The van der Waals surface area contributed by atoms with Crippen molar-refractivity contribution in [3.8, 4) is 0 Å². The van der Waals surface area contributed by atoms with E-state index in [1.54, 1.807) is 0 Å². The first kappa shape index (κ1) is 17.4. The monoisotopic (exact) mass is 285 g/mol. The zero-order valence-corrected chi connectivity index (χ0v) is 14.6. The van der Waals surface area contributed by atoms with Gasteiger partial charge in [0, 0.05) is 27.4 Å². The Balaban J connectivity index is 0.00000256. The van der Waals surface area contributed by atoms with Crippen molar-refractivity contribution in [1.82, 2.24) is 0 Å². The summed E-state index contributed by atoms with van der Waals surface area (Å²) in [5, 5.41) is 0. The average Bonchev–Trinajstić information content (AvgIpc) is 2.62. The molecular weight excluding hydrogens is 260 g/mol. The second-order valence-corrected chi connectivity index (χ2v) is 9.09. The molecule has 3 heteroatoms. The predicted octanol–water partition coefficient (Wildman–Crippen LogP) is 3.66. The van der Waals surface area contributed by atoms with Crippen LogP contribution in [-0.4, -0.2) is 20.1 Å². The van der Waals surface area contributed by atoms with Gasteiger partial charge in [0.2, 0.25) is 0 Å². The van der Waals surface area contributed by atoms with Gasteiger partial charge in [0.25, 0.3) is 0 Å². The van der Waals surface area contributed by atoms with E-state index in [4.69, 9.17) is 4.74 Å². The molecule has 96 valence electrons. The van der Waals surface area contributed by atoms with Crippen LogP contribution >= 0.6 is 0 Å². The van der Waals surface area contributed by atoms with E-state index in [0.29, 0.717) is 5.73 Å². The molecule has 1 atom stereocenters. The van der Waals surface area contributed by atoms with Gasteiger partial charge in [0.15, 0.2) is 0 Å². The van der Waals surface area contributed by atoms with Crippen LogP contribution in [0.5, 0.6) is 0 Å². The molecule has 0 N–H and O–H groups in total. The van der Waals surface area contributed by atoms with Gasteiger partial charge in [0.1, 0.15) is 0 Å². The van der Waals surface area contributed by atoms with Crippen molar-refractivity contribution in [1.29, 1.82) is 0 Å². The summed E-state index contributed by atoms with van der Waals surface area (Å²) in [7, 11) is -0.733. The number of hydrogen-bond donors (Lipinski definition) is 0. The Labute approximate surface area is 123 Å². The molecule has 0 saturated carbocycles. The number of hydrogen-bond acceptors (Lipinski definition) is 1. The standard InChI is InChI=1S/C14H25OSi.Ti/c1-14(2,3)15-13(16(4)5)11-10-12-8-6-7-9-12;/h6,8,13,16H,7,10-11H2,1-5H3;/q-1;. The summed E-state index contributed by atoms with van der Waals surface area (Å²) in [4.78, 5) is 0. The summed E-state index contributed by atoms with van der Waals surface area (Å²) < 4.78 is 6.16. The maximum atomic E-state index is 6.16. The van der Waals surface area contributed by atoms with Gasteiger partial charge in [-0.3, -0.25) is 6.08 Å². The zero-order chi connectivity index (χ0) is 12.2. The molecule has 17 heavy (non-hydrogen) atoms. The molecule has 0 heterocycles. The van der Waals surface area contributed by atoms with E-state index in [9.17, 15) is 0 Å². The Morgan fingerprint density at radius 2 is 2.06 bits per heavy atom. The smallest absolute Gasteiger partial charge is 0.0656 e. The van der Waals surface area contributed by atoms with E-state index < -0.39 is 8.80 Å². The van der Waals surface area contributed by atoms with Crippen molar-refractivity contribution in [2.75, 3.05) is 0 Å². The van der Waals surface area contributed by atoms with Crippen LogP contribution < -0.4 is 0 Å². The normalized spacial score (nSPS) is 16.9. The van der Waals surface area contributed by atoms with Crippen LogP contribution in [0, 0.1) is 6.08 Å². The van der Waals surface area contributed by atoms with E-state index in [1.165, 1.54) is 5.57 Å². The molecule has 1 nitrogen and oxygen atoms in total. The third-order valence-electron chi connectivity index (χ3n) is 2.71. The summed E-state index contributed by atoms with van der Waals surface area (Å²) >= 11 is 0. The molecule has 0 aliphatic heterocycles. The Morgan fingerprint density at radius 3 is 2.47 bits per heavy atom. The molecule has 0 spiro atoms. The topological polar surface area (TPSA) is 9.23 Å². The largest absolute Gasteiger partial charge is 0.376 e. The second kappa shape index (κ2) is 7.73. The minimum absolute atomic E-state index is 0. The maximum absolute atomic E-state index is 6.16. The average molecular weight is 285 g/mol. The van der Waals surface area contributed by atoms with Gasteiger partial charge in [-0.15, -0.1) is 6.42 Å². The van der Waals surface area contributed by atoms with Gasteiger partial charge in [0.05, 0.1) is 14.4 Å². The molecule has 0 aromatic carbocycles. The molecule has 1 rings (SSSR count). The van der Waals surface area contributed by atoms with E-state index in [-0.39, 0.29) is 27.3 Å². The zero-order valence-electron chi connectivity index (χ0n) is 11.8. The van der Waals surface area contributed by atoms with Crippen molar-refractivity contribution in [2.45, 2.75) is 64.5 Å². The van der Waals surface area contributed by atoms with Crippen LogP contribution in [0.3, 0.4) is 0 Å². The molecular formula is C14H25OSiTi-. The van der Waals surface area contributed by atoms with Crippen LogP contribution in [-0.2, 0) is 26.5 Å². The van der Waals surface area contributed by atoms with E-state index >= 15 is 0 Å². The first-order chi connectivity index (χ1) is 7.38. The van der Waals surface area contributed by atoms with Crippen molar-refractivity contribution >= 4 is 8.80 Å². The summed E-state index contributed by atoms with van der Waals surface area (Å²) in [5.74, 6) is 0. The fourth-order valence-electron chi connectivity index (χ4n) is 1.90. The molecule has 0 radical (unpaired) electrons. The molecule has 1 unspecified atom stereocenters. The van der Waals surface area contributed by atoms with Crippen LogP contribution in [0.1, 0.15) is 40.0 Å². The quantitative estimate of drug-likeness (QED) is 0.553. The molecule has 0 fully saturated rings. The van der Waals surface area contributed by atoms with E-state index in [0.717, 1.165) is 19.3 Å². The van der Waals surface area contributed by atoms with Crippen LogP contribution in [0.4, 0.5) is 0 Å². The van der Waals surface area contributed by atoms with Gasteiger partial charge in [-0.2, -0.15) is 6.08 Å². The molecule has 0 saturated heterocycles. The SMILES string of the molecule is C[SiH](C)C(CCC1=[C-]CC=C1)OC(C)(C)C.[Ti]. The summed E-state index contributed by atoms with van der Waals surface area (Å²) in [6.07, 6.45) is 11.1. The molecule has 0 aromatic heterocycles. The Kier molecular flexibility index (Phi) is 7.90. The molecule has 1 aliphatic rings. The summed E-state index contributed by atoms with van der Waals surface area (Å²) in [5.41, 5.74) is 1.85. The molecule has 0 bridgehead atoms. The van der Waals surface area contributed by atoms with E-state index in [1.807, 2.05) is 0 Å². The fraction of sp³-hybridized carbons (Fsp3) is 0.714. The van der Waals surface area contributed by atoms with Gasteiger partial charge in [-0.1, -0.05) is 19.5 Å². The predicted molar refractivity (Wildman–Crippen MR) is 73.3 cm³/mol. The van der Waals surface area contributed by atoms with Crippen LogP contribution in [0.25, 0.3) is 0 Å². The van der Waals surface area contributed by atoms with Crippen molar-refractivity contribution < 1.29 is 26.5 Å². The molecule has 0 amide bonds. The Hall–Kier alpha value is 0.371. The Bertz CT molecular complexity index is 276. The first-order valence-corrected chi connectivity index (χ1v) is 9.30. The van der Waals surface area contributed by atoms with E-state index in [2.05, 4.69) is 52.1 Å². The number of rotatable bonds is 5. The maximum Gasteiger partial charge on any atom is 0.0656 e. The molecule has 1 aliphatic carbocycles. The van der Waals surface area contributed by atoms with Crippen LogP contribution in [0.15, 0.2) is 17.7 Å². The van der Waals surface area contributed by atoms with Gasteiger partial charge in [-0.25, -0.2) is 11.6 Å². The minimum Gasteiger partial charge on any atom is -0.376 e. The minimum atomic E-state index is -0.733.